The maximum absolute atomic E-state index is 3.35. The molecular formula is C14H30N2. The molecule has 16 heavy (non-hydrogen) atoms. The maximum Gasteiger partial charge on any atom is 0.00475 e. The Balaban J connectivity index is 2.44. The van der Waals surface area contributed by atoms with E-state index in [2.05, 4.69) is 38.0 Å². The van der Waals surface area contributed by atoms with Gasteiger partial charge in [-0.15, -0.1) is 0 Å². The van der Waals surface area contributed by atoms with Crippen LogP contribution in [0.25, 0.3) is 0 Å². The predicted molar refractivity (Wildman–Crippen MR) is 71.8 cm³/mol. The molecule has 1 fully saturated rings. The Hall–Kier alpha value is -0.0800. The van der Waals surface area contributed by atoms with Crippen LogP contribution in [0.5, 0.6) is 0 Å². The van der Waals surface area contributed by atoms with Crippen molar-refractivity contribution in [3.05, 3.63) is 0 Å². The van der Waals surface area contributed by atoms with Crippen molar-refractivity contribution in [3.63, 3.8) is 0 Å². The topological polar surface area (TPSA) is 15.3 Å². The van der Waals surface area contributed by atoms with Gasteiger partial charge in [0.2, 0.25) is 0 Å². The number of nitrogens with one attached hydrogen (secondary N) is 1. The molecule has 2 atom stereocenters. The van der Waals surface area contributed by atoms with Crippen molar-refractivity contribution >= 4 is 0 Å². The van der Waals surface area contributed by atoms with Crippen molar-refractivity contribution in [2.75, 3.05) is 33.2 Å². The largest absolute Gasteiger partial charge is 0.319 e. The van der Waals surface area contributed by atoms with E-state index in [4.69, 9.17) is 0 Å². The molecular weight excluding hydrogens is 196 g/mol. The third-order valence-electron chi connectivity index (χ3n) is 4.24. The second kappa shape index (κ2) is 6.61. The lowest BCUT2D eigenvalue weighted by molar-refractivity contribution is 0.107. The highest BCUT2D eigenvalue weighted by atomic mass is 15.1. The van der Waals surface area contributed by atoms with Crippen LogP contribution in [0.1, 0.15) is 46.5 Å². The van der Waals surface area contributed by atoms with Gasteiger partial charge in [0, 0.05) is 19.6 Å². The first-order valence-corrected chi connectivity index (χ1v) is 7.00. The molecule has 0 aromatic heterocycles. The normalized spacial score (nSPS) is 26.6. The Bertz CT molecular complexity index is 193. The first-order valence-electron chi connectivity index (χ1n) is 7.00. The molecule has 0 aliphatic carbocycles. The third kappa shape index (κ3) is 4.06. The minimum Gasteiger partial charge on any atom is -0.319 e. The molecule has 0 aromatic rings. The molecule has 1 rings (SSSR count). The number of hydrogen-bond acceptors (Lipinski definition) is 2. The zero-order chi connectivity index (χ0) is 12.0. The smallest absolute Gasteiger partial charge is 0.00475 e. The van der Waals surface area contributed by atoms with Gasteiger partial charge in [0.05, 0.1) is 0 Å². The van der Waals surface area contributed by atoms with Crippen molar-refractivity contribution in [2.45, 2.75) is 46.5 Å². The first kappa shape index (κ1) is 14.0. The summed E-state index contributed by atoms with van der Waals surface area (Å²) in [5.41, 5.74) is 0.449. The molecule has 1 heterocycles. The summed E-state index contributed by atoms with van der Waals surface area (Å²) < 4.78 is 0. The lowest BCUT2D eigenvalue weighted by Crippen LogP contribution is -2.45. The van der Waals surface area contributed by atoms with Crippen LogP contribution in [-0.2, 0) is 0 Å². The van der Waals surface area contributed by atoms with Crippen LogP contribution >= 0.6 is 0 Å². The van der Waals surface area contributed by atoms with Gasteiger partial charge in [-0.05, 0) is 44.2 Å². The van der Waals surface area contributed by atoms with Gasteiger partial charge in [0.15, 0.2) is 0 Å². The van der Waals surface area contributed by atoms with Crippen LogP contribution in [0.3, 0.4) is 0 Å². The quantitative estimate of drug-likeness (QED) is 0.749. The van der Waals surface area contributed by atoms with E-state index in [-0.39, 0.29) is 0 Å². The summed E-state index contributed by atoms with van der Waals surface area (Å²) >= 11 is 0. The molecule has 2 heteroatoms. The zero-order valence-corrected chi connectivity index (χ0v) is 11.7. The van der Waals surface area contributed by atoms with Crippen molar-refractivity contribution in [3.8, 4) is 0 Å². The van der Waals surface area contributed by atoms with Gasteiger partial charge in [-0.2, -0.15) is 0 Å². The van der Waals surface area contributed by atoms with Crippen molar-refractivity contribution in [2.24, 2.45) is 11.3 Å². The number of nitrogens with zero attached hydrogens (tertiary/aromatic N) is 1. The molecule has 1 aliphatic rings. The third-order valence-corrected chi connectivity index (χ3v) is 4.24. The van der Waals surface area contributed by atoms with Gasteiger partial charge in [-0.3, -0.25) is 0 Å². The van der Waals surface area contributed by atoms with E-state index < -0.39 is 0 Å². The average molecular weight is 226 g/mol. The molecule has 2 unspecified atom stereocenters. The highest BCUT2D eigenvalue weighted by Gasteiger charge is 2.27. The molecule has 0 aromatic carbocycles. The summed E-state index contributed by atoms with van der Waals surface area (Å²) in [5.74, 6) is 0.949. The summed E-state index contributed by atoms with van der Waals surface area (Å²) in [6.07, 6.45) is 5.46. The van der Waals surface area contributed by atoms with Gasteiger partial charge in [0.25, 0.3) is 0 Å². The summed E-state index contributed by atoms with van der Waals surface area (Å²) in [7, 11) is 2.07. The van der Waals surface area contributed by atoms with Crippen molar-refractivity contribution in [1.29, 1.82) is 0 Å². The standard InChI is InChI=1S/C14H30N2/c1-5-13-8-7-9-16(10-13)12-14(3,6-2)11-15-4/h13,15H,5-12H2,1-4H3. The zero-order valence-electron chi connectivity index (χ0n) is 11.7. The SMILES string of the molecule is CCC1CCCN(CC(C)(CC)CNC)C1. The molecule has 2 nitrogen and oxygen atoms in total. The van der Waals surface area contributed by atoms with Crippen molar-refractivity contribution in [1.82, 2.24) is 10.2 Å². The van der Waals surface area contributed by atoms with Crippen LogP contribution < -0.4 is 5.32 Å². The minimum atomic E-state index is 0.449. The van der Waals surface area contributed by atoms with E-state index in [1.165, 1.54) is 45.3 Å². The minimum absolute atomic E-state index is 0.449. The molecule has 0 amide bonds. The van der Waals surface area contributed by atoms with E-state index in [1.807, 2.05) is 0 Å². The van der Waals surface area contributed by atoms with Crippen LogP contribution in [0.15, 0.2) is 0 Å². The Kier molecular flexibility index (Phi) is 5.77. The second-order valence-corrected chi connectivity index (χ2v) is 5.85. The maximum atomic E-state index is 3.35. The second-order valence-electron chi connectivity index (χ2n) is 5.85. The highest BCUT2D eigenvalue weighted by molar-refractivity contribution is 4.82. The number of rotatable bonds is 6. The van der Waals surface area contributed by atoms with E-state index in [9.17, 15) is 0 Å². The van der Waals surface area contributed by atoms with Gasteiger partial charge >= 0.3 is 0 Å². The summed E-state index contributed by atoms with van der Waals surface area (Å²) in [5, 5.41) is 3.35. The summed E-state index contributed by atoms with van der Waals surface area (Å²) in [6.45, 7) is 12.1. The van der Waals surface area contributed by atoms with E-state index in [0.717, 1.165) is 12.5 Å². The molecule has 96 valence electrons. The van der Waals surface area contributed by atoms with E-state index in [1.54, 1.807) is 0 Å². The van der Waals surface area contributed by atoms with Crippen molar-refractivity contribution < 1.29 is 0 Å². The van der Waals surface area contributed by atoms with Gasteiger partial charge in [0.1, 0.15) is 0 Å². The fraction of sp³-hybridized carbons (Fsp3) is 1.00. The monoisotopic (exact) mass is 226 g/mol. The Morgan fingerprint density at radius 3 is 2.69 bits per heavy atom. The molecule has 0 bridgehead atoms. The number of likely N-dealkylation sites (tertiary alicyclic amines) is 1. The molecule has 1 aliphatic heterocycles. The van der Waals surface area contributed by atoms with Gasteiger partial charge in [-0.1, -0.05) is 27.2 Å². The van der Waals surface area contributed by atoms with Crippen LogP contribution in [-0.4, -0.2) is 38.1 Å². The van der Waals surface area contributed by atoms with Crippen LogP contribution in [0, 0.1) is 11.3 Å². The molecule has 0 radical (unpaired) electrons. The summed E-state index contributed by atoms with van der Waals surface area (Å²) in [4.78, 5) is 2.69. The van der Waals surface area contributed by atoms with E-state index >= 15 is 0 Å². The molecule has 0 spiro atoms. The number of piperidine rings is 1. The molecule has 0 saturated carbocycles. The molecule has 1 saturated heterocycles. The lowest BCUT2D eigenvalue weighted by atomic mass is 9.85. The van der Waals surface area contributed by atoms with Crippen LogP contribution in [0.2, 0.25) is 0 Å². The Labute approximate surface area is 102 Å². The number of hydrogen-bond donors (Lipinski definition) is 1. The highest BCUT2D eigenvalue weighted by Crippen LogP contribution is 2.26. The first-order chi connectivity index (χ1) is 7.63. The van der Waals surface area contributed by atoms with Gasteiger partial charge < -0.3 is 10.2 Å². The fourth-order valence-electron chi connectivity index (χ4n) is 2.89. The fourth-order valence-corrected chi connectivity index (χ4v) is 2.89. The van der Waals surface area contributed by atoms with Crippen LogP contribution in [0.4, 0.5) is 0 Å². The summed E-state index contributed by atoms with van der Waals surface area (Å²) in [6, 6.07) is 0. The lowest BCUT2D eigenvalue weighted by Gasteiger charge is -2.39. The van der Waals surface area contributed by atoms with Gasteiger partial charge in [-0.25, -0.2) is 0 Å². The molecule has 1 N–H and O–H groups in total. The predicted octanol–water partition coefficient (Wildman–Crippen LogP) is 2.74. The Morgan fingerprint density at radius 2 is 2.12 bits per heavy atom. The Morgan fingerprint density at radius 1 is 1.38 bits per heavy atom. The average Bonchev–Trinajstić information content (AvgIpc) is 2.29. The van der Waals surface area contributed by atoms with E-state index in [0.29, 0.717) is 5.41 Å².